The molecule has 1 aromatic rings. The van der Waals surface area contributed by atoms with E-state index in [-0.39, 0.29) is 0 Å². The van der Waals surface area contributed by atoms with E-state index < -0.39 is 0 Å². The van der Waals surface area contributed by atoms with Gasteiger partial charge in [-0.1, -0.05) is 12.8 Å². The molecule has 1 aromatic heterocycles. The zero-order valence-electron chi connectivity index (χ0n) is 14.4. The van der Waals surface area contributed by atoms with Gasteiger partial charge in [0.1, 0.15) is 0 Å². The molecule has 2 aliphatic rings. The Morgan fingerprint density at radius 2 is 1.83 bits per heavy atom. The van der Waals surface area contributed by atoms with Crippen molar-refractivity contribution in [3.05, 3.63) is 18.0 Å². The number of aromatic nitrogens is 2. The van der Waals surface area contributed by atoms with Gasteiger partial charge in [-0.2, -0.15) is 11.8 Å². The van der Waals surface area contributed by atoms with Crippen LogP contribution in [0, 0.1) is 0 Å². The quantitative estimate of drug-likeness (QED) is 0.888. The summed E-state index contributed by atoms with van der Waals surface area (Å²) in [6, 6.07) is 0.635. The van der Waals surface area contributed by atoms with E-state index in [1.165, 1.54) is 31.2 Å². The molecule has 0 spiro atoms. The fourth-order valence-corrected chi connectivity index (χ4v) is 4.43. The van der Waals surface area contributed by atoms with Crippen molar-refractivity contribution in [1.82, 2.24) is 20.2 Å². The Labute approximate surface area is 144 Å². The molecule has 3 rings (SSSR count). The van der Waals surface area contributed by atoms with Gasteiger partial charge in [0.15, 0.2) is 0 Å². The van der Waals surface area contributed by atoms with Crippen LogP contribution in [0.4, 0.5) is 5.95 Å². The van der Waals surface area contributed by atoms with E-state index in [1.54, 1.807) is 0 Å². The topological polar surface area (TPSA) is 44.3 Å². The van der Waals surface area contributed by atoms with Crippen molar-refractivity contribution in [2.45, 2.75) is 43.5 Å². The summed E-state index contributed by atoms with van der Waals surface area (Å²) in [5.41, 5.74) is 1.19. The molecule has 1 N–H and O–H groups in total. The molecule has 1 saturated heterocycles. The van der Waals surface area contributed by atoms with Crippen LogP contribution in [-0.2, 0) is 6.54 Å². The molecule has 23 heavy (non-hydrogen) atoms. The highest BCUT2D eigenvalue weighted by molar-refractivity contribution is 7.99. The maximum absolute atomic E-state index is 4.58. The maximum Gasteiger partial charge on any atom is 0.225 e. The zero-order chi connectivity index (χ0) is 16.1. The minimum Gasteiger partial charge on any atom is -0.338 e. The van der Waals surface area contributed by atoms with Gasteiger partial charge >= 0.3 is 0 Å². The van der Waals surface area contributed by atoms with Gasteiger partial charge in [-0.05, 0) is 26.1 Å². The minimum absolute atomic E-state index is 0.635. The second kappa shape index (κ2) is 8.31. The third-order valence-electron chi connectivity index (χ3n) is 5.05. The number of anilines is 1. The van der Waals surface area contributed by atoms with Crippen molar-refractivity contribution in [3.8, 4) is 0 Å². The van der Waals surface area contributed by atoms with E-state index in [4.69, 9.17) is 0 Å². The maximum atomic E-state index is 4.58. The Hall–Kier alpha value is -0.850. The van der Waals surface area contributed by atoms with Gasteiger partial charge in [-0.15, -0.1) is 0 Å². The lowest BCUT2D eigenvalue weighted by molar-refractivity contribution is 0.311. The van der Waals surface area contributed by atoms with Crippen molar-refractivity contribution in [3.63, 3.8) is 0 Å². The molecule has 2 fully saturated rings. The van der Waals surface area contributed by atoms with E-state index in [0.29, 0.717) is 6.04 Å². The minimum atomic E-state index is 0.635. The number of thioether (sulfide) groups is 1. The van der Waals surface area contributed by atoms with Crippen LogP contribution in [0.1, 0.15) is 31.2 Å². The van der Waals surface area contributed by atoms with Gasteiger partial charge in [0, 0.05) is 62.0 Å². The summed E-state index contributed by atoms with van der Waals surface area (Å²) in [6.45, 7) is 5.09. The van der Waals surface area contributed by atoms with Crippen molar-refractivity contribution in [2.75, 3.05) is 44.4 Å². The third kappa shape index (κ3) is 4.58. The van der Waals surface area contributed by atoms with Gasteiger partial charge < -0.3 is 15.1 Å². The first-order valence-electron chi connectivity index (χ1n) is 8.77. The molecule has 1 saturated carbocycles. The monoisotopic (exact) mass is 335 g/mol. The van der Waals surface area contributed by atoms with Crippen LogP contribution in [0.15, 0.2) is 12.4 Å². The molecule has 0 bridgehead atoms. The summed E-state index contributed by atoms with van der Waals surface area (Å²) < 4.78 is 0. The second-order valence-corrected chi connectivity index (χ2v) is 7.80. The number of piperazine rings is 1. The molecule has 0 unspecified atom stereocenters. The van der Waals surface area contributed by atoms with Crippen LogP contribution in [0.3, 0.4) is 0 Å². The molecule has 1 aliphatic heterocycles. The van der Waals surface area contributed by atoms with E-state index >= 15 is 0 Å². The fourth-order valence-electron chi connectivity index (χ4n) is 3.47. The number of rotatable bonds is 5. The lowest BCUT2D eigenvalue weighted by Crippen LogP contribution is -2.45. The van der Waals surface area contributed by atoms with E-state index in [9.17, 15) is 0 Å². The lowest BCUT2D eigenvalue weighted by Gasteiger charge is -2.32. The van der Waals surface area contributed by atoms with Crippen LogP contribution >= 0.6 is 11.8 Å². The van der Waals surface area contributed by atoms with Gasteiger partial charge in [-0.3, -0.25) is 0 Å². The van der Waals surface area contributed by atoms with Crippen LogP contribution in [0.2, 0.25) is 0 Å². The van der Waals surface area contributed by atoms with E-state index in [2.05, 4.69) is 38.4 Å². The van der Waals surface area contributed by atoms with Gasteiger partial charge in [0.2, 0.25) is 5.95 Å². The molecule has 2 heterocycles. The SMILES string of the molecule is CS[C@H]1CCCC[C@H]1NCc1cnc(N2CCN(C)CC2)nc1. The first-order valence-corrected chi connectivity index (χ1v) is 10.1. The highest BCUT2D eigenvalue weighted by atomic mass is 32.2. The summed E-state index contributed by atoms with van der Waals surface area (Å²) in [5, 5.41) is 4.48. The number of likely N-dealkylation sites (N-methyl/N-ethyl adjacent to an activating group) is 1. The molecule has 0 radical (unpaired) electrons. The first kappa shape index (κ1) is 17.0. The summed E-state index contributed by atoms with van der Waals surface area (Å²) in [6.07, 6.45) is 11.6. The van der Waals surface area contributed by atoms with Gasteiger partial charge in [-0.25, -0.2) is 9.97 Å². The zero-order valence-corrected chi connectivity index (χ0v) is 15.2. The Morgan fingerprint density at radius 1 is 1.13 bits per heavy atom. The molecule has 5 nitrogen and oxygen atoms in total. The molecule has 0 amide bonds. The highest BCUT2D eigenvalue weighted by Crippen LogP contribution is 2.27. The summed E-state index contributed by atoms with van der Waals surface area (Å²) in [7, 11) is 2.17. The summed E-state index contributed by atoms with van der Waals surface area (Å²) >= 11 is 2.01. The number of hydrogen-bond acceptors (Lipinski definition) is 6. The molecule has 2 atom stereocenters. The summed E-state index contributed by atoms with van der Waals surface area (Å²) in [4.78, 5) is 13.8. The average Bonchev–Trinajstić information content (AvgIpc) is 2.61. The predicted octanol–water partition coefficient (Wildman–Crippen LogP) is 1.99. The van der Waals surface area contributed by atoms with E-state index in [1.807, 2.05) is 24.2 Å². The van der Waals surface area contributed by atoms with Crippen LogP contribution in [0.5, 0.6) is 0 Å². The van der Waals surface area contributed by atoms with Crippen molar-refractivity contribution < 1.29 is 0 Å². The molecular formula is C17H29N5S. The van der Waals surface area contributed by atoms with E-state index in [0.717, 1.165) is 43.9 Å². The molecular weight excluding hydrogens is 306 g/mol. The Morgan fingerprint density at radius 3 is 2.52 bits per heavy atom. The normalized spacial score (nSPS) is 26.4. The number of nitrogens with one attached hydrogen (secondary N) is 1. The largest absolute Gasteiger partial charge is 0.338 e. The Balaban J connectivity index is 1.51. The van der Waals surface area contributed by atoms with Crippen molar-refractivity contribution in [2.24, 2.45) is 0 Å². The first-order chi connectivity index (χ1) is 11.3. The van der Waals surface area contributed by atoms with Crippen LogP contribution < -0.4 is 10.2 Å². The number of hydrogen-bond donors (Lipinski definition) is 1. The summed E-state index contributed by atoms with van der Waals surface area (Å²) in [5.74, 6) is 0.876. The van der Waals surface area contributed by atoms with Crippen LogP contribution in [0.25, 0.3) is 0 Å². The second-order valence-electron chi connectivity index (χ2n) is 6.73. The Bertz CT molecular complexity index is 472. The molecule has 128 valence electrons. The van der Waals surface area contributed by atoms with Crippen molar-refractivity contribution in [1.29, 1.82) is 0 Å². The molecule has 1 aliphatic carbocycles. The standard InChI is InChI=1S/C17H29N5S/c1-21-7-9-22(10-8-21)17-19-12-14(13-20-17)11-18-15-5-3-4-6-16(15)23-2/h12-13,15-16,18H,3-11H2,1-2H3/t15-,16+/m1/s1. The fraction of sp³-hybridized carbons (Fsp3) is 0.765. The Kier molecular flexibility index (Phi) is 6.14. The smallest absolute Gasteiger partial charge is 0.225 e. The lowest BCUT2D eigenvalue weighted by atomic mass is 9.95. The highest BCUT2D eigenvalue weighted by Gasteiger charge is 2.23. The third-order valence-corrected chi connectivity index (χ3v) is 6.22. The van der Waals surface area contributed by atoms with Crippen molar-refractivity contribution >= 4 is 17.7 Å². The molecule has 0 aromatic carbocycles. The van der Waals surface area contributed by atoms with Gasteiger partial charge in [0.25, 0.3) is 0 Å². The number of nitrogens with zero attached hydrogens (tertiary/aromatic N) is 4. The van der Waals surface area contributed by atoms with Crippen LogP contribution in [-0.4, -0.2) is 65.6 Å². The molecule has 6 heteroatoms. The average molecular weight is 336 g/mol. The predicted molar refractivity (Wildman–Crippen MR) is 98.1 cm³/mol. The van der Waals surface area contributed by atoms with Gasteiger partial charge in [0.05, 0.1) is 0 Å².